The Kier molecular flexibility index (Phi) is 6.50. The van der Waals surface area contributed by atoms with Crippen molar-refractivity contribution < 1.29 is 14.0 Å². The van der Waals surface area contributed by atoms with Crippen LogP contribution in [0, 0.1) is 11.3 Å². The normalized spacial score (nSPS) is 28.6. The van der Waals surface area contributed by atoms with Gasteiger partial charge in [0.1, 0.15) is 6.29 Å². The summed E-state index contributed by atoms with van der Waals surface area (Å²) in [4.78, 5) is 24.4. The Balaban J connectivity index is 2.32. The zero-order chi connectivity index (χ0) is 19.6. The van der Waals surface area contributed by atoms with Gasteiger partial charge in [0.2, 0.25) is 0 Å². The zero-order valence-corrected chi connectivity index (χ0v) is 18.4. The molecule has 0 aromatic carbocycles. The van der Waals surface area contributed by atoms with Crippen LogP contribution in [0.5, 0.6) is 0 Å². The molecule has 0 unspecified atom stereocenters. The molecule has 0 aromatic heterocycles. The highest BCUT2D eigenvalue weighted by Crippen LogP contribution is 2.43. The van der Waals surface area contributed by atoms with Gasteiger partial charge in [-0.2, -0.15) is 0 Å². The SMILES string of the molecule is CC(C)(C)[Si](C)(C)O[C@@H](C[C@@H]1CC=CC[C@@]1(C)C=O)C1=CCCCC1=O. The minimum atomic E-state index is -2.02. The second kappa shape index (κ2) is 7.93. The van der Waals surface area contributed by atoms with E-state index in [1.807, 2.05) is 0 Å². The third-order valence-corrected chi connectivity index (χ3v) is 11.2. The number of carbonyl (C=O) groups excluding carboxylic acids is 2. The van der Waals surface area contributed by atoms with Gasteiger partial charge in [0.15, 0.2) is 14.1 Å². The van der Waals surface area contributed by atoms with Crippen LogP contribution >= 0.6 is 0 Å². The molecule has 0 aromatic rings. The van der Waals surface area contributed by atoms with E-state index in [0.29, 0.717) is 6.42 Å². The average Bonchev–Trinajstić information content (AvgIpc) is 2.55. The van der Waals surface area contributed by atoms with Crippen LogP contribution in [0.15, 0.2) is 23.8 Å². The van der Waals surface area contributed by atoms with E-state index in [4.69, 9.17) is 4.43 Å². The van der Waals surface area contributed by atoms with Crippen LogP contribution in [-0.4, -0.2) is 26.5 Å². The molecule has 2 aliphatic rings. The molecule has 0 radical (unpaired) electrons. The highest BCUT2D eigenvalue weighted by Gasteiger charge is 2.43. The Morgan fingerprint density at radius 2 is 2.04 bits per heavy atom. The summed E-state index contributed by atoms with van der Waals surface area (Å²) in [5.74, 6) is 0.453. The summed E-state index contributed by atoms with van der Waals surface area (Å²) < 4.78 is 6.76. The summed E-state index contributed by atoms with van der Waals surface area (Å²) in [7, 11) is -2.02. The Morgan fingerprint density at radius 3 is 2.62 bits per heavy atom. The maximum absolute atomic E-state index is 12.6. The highest BCUT2D eigenvalue weighted by atomic mass is 28.4. The van der Waals surface area contributed by atoms with Gasteiger partial charge in [-0.25, -0.2) is 0 Å². The fraction of sp³-hybridized carbons (Fsp3) is 0.727. The summed E-state index contributed by atoms with van der Waals surface area (Å²) >= 11 is 0. The predicted molar refractivity (Wildman–Crippen MR) is 110 cm³/mol. The zero-order valence-electron chi connectivity index (χ0n) is 17.4. The van der Waals surface area contributed by atoms with Crippen LogP contribution in [0.1, 0.15) is 66.2 Å². The van der Waals surface area contributed by atoms with Gasteiger partial charge in [-0.1, -0.05) is 45.9 Å². The first-order valence-corrected chi connectivity index (χ1v) is 12.9. The topological polar surface area (TPSA) is 43.4 Å². The molecule has 0 saturated carbocycles. The molecule has 0 amide bonds. The van der Waals surface area contributed by atoms with E-state index in [0.717, 1.165) is 44.0 Å². The van der Waals surface area contributed by atoms with Gasteiger partial charge in [-0.15, -0.1) is 0 Å². The minimum Gasteiger partial charge on any atom is -0.410 e. The Morgan fingerprint density at radius 1 is 1.35 bits per heavy atom. The van der Waals surface area contributed by atoms with Gasteiger partial charge < -0.3 is 9.22 Å². The van der Waals surface area contributed by atoms with Gasteiger partial charge >= 0.3 is 0 Å². The molecule has 0 fully saturated rings. The number of rotatable bonds is 6. The fourth-order valence-electron chi connectivity index (χ4n) is 3.66. The van der Waals surface area contributed by atoms with E-state index < -0.39 is 8.32 Å². The first-order chi connectivity index (χ1) is 12.0. The first-order valence-electron chi connectivity index (χ1n) is 10.0. The number of hydrogen-bond donors (Lipinski definition) is 0. The quantitative estimate of drug-likeness (QED) is 0.343. The minimum absolute atomic E-state index is 0.0873. The van der Waals surface area contributed by atoms with Crippen molar-refractivity contribution in [3.63, 3.8) is 0 Å². The molecule has 0 heterocycles. The lowest BCUT2D eigenvalue weighted by Gasteiger charge is -2.43. The van der Waals surface area contributed by atoms with E-state index in [-0.39, 0.29) is 28.3 Å². The van der Waals surface area contributed by atoms with E-state index in [9.17, 15) is 9.59 Å². The van der Waals surface area contributed by atoms with Crippen LogP contribution in [0.2, 0.25) is 18.1 Å². The van der Waals surface area contributed by atoms with E-state index in [2.05, 4.69) is 59.0 Å². The summed E-state index contributed by atoms with van der Waals surface area (Å²) in [6.07, 6.45) is 12.2. The molecule has 26 heavy (non-hydrogen) atoms. The molecule has 0 N–H and O–H groups in total. The van der Waals surface area contributed by atoms with Crippen molar-refractivity contribution in [3.05, 3.63) is 23.8 Å². The Bertz CT molecular complexity index is 597. The number of hydrogen-bond acceptors (Lipinski definition) is 3. The number of ketones is 1. The van der Waals surface area contributed by atoms with Crippen LogP contribution in [0.4, 0.5) is 0 Å². The molecule has 2 rings (SSSR count). The molecule has 0 bridgehead atoms. The van der Waals surface area contributed by atoms with E-state index >= 15 is 0 Å². The molecule has 0 spiro atoms. The molecule has 3 nitrogen and oxygen atoms in total. The molecular formula is C22H36O3Si. The summed E-state index contributed by atoms with van der Waals surface area (Å²) in [5.41, 5.74) is 0.506. The van der Waals surface area contributed by atoms with Gasteiger partial charge in [0, 0.05) is 17.4 Å². The molecule has 0 saturated heterocycles. The molecule has 0 aliphatic heterocycles. The van der Waals surface area contributed by atoms with Crippen LogP contribution in [0.25, 0.3) is 0 Å². The molecule has 4 heteroatoms. The summed E-state index contributed by atoms with van der Waals surface area (Å²) in [6, 6.07) is 0. The maximum atomic E-state index is 12.6. The average molecular weight is 377 g/mol. The van der Waals surface area contributed by atoms with Crippen molar-refractivity contribution in [2.45, 2.75) is 90.5 Å². The Hall–Kier alpha value is -1.00. The van der Waals surface area contributed by atoms with E-state index in [1.165, 1.54) is 0 Å². The van der Waals surface area contributed by atoms with E-state index in [1.54, 1.807) is 0 Å². The predicted octanol–water partition coefficient (Wildman–Crippen LogP) is 5.62. The lowest BCUT2D eigenvalue weighted by molar-refractivity contribution is -0.118. The van der Waals surface area contributed by atoms with Gasteiger partial charge in [-0.05, 0) is 56.2 Å². The second-order valence-corrected chi connectivity index (χ2v) is 14.6. The lowest BCUT2D eigenvalue weighted by Crippen LogP contribution is -2.46. The number of allylic oxidation sites excluding steroid dienone is 3. The van der Waals surface area contributed by atoms with Crippen molar-refractivity contribution in [1.82, 2.24) is 0 Å². The molecule has 2 aliphatic carbocycles. The lowest BCUT2D eigenvalue weighted by atomic mass is 9.68. The van der Waals surface area contributed by atoms with Crippen molar-refractivity contribution in [3.8, 4) is 0 Å². The summed E-state index contributed by atoms with van der Waals surface area (Å²) in [5, 5.41) is 0.0873. The number of Topliss-reactive ketones (excluding diaryl/α,β-unsaturated/α-hetero) is 1. The van der Waals surface area contributed by atoms with Gasteiger partial charge in [0.25, 0.3) is 0 Å². The molecule has 146 valence electrons. The first kappa shape index (κ1) is 21.3. The molecular weight excluding hydrogens is 340 g/mol. The smallest absolute Gasteiger partial charge is 0.192 e. The fourth-order valence-corrected chi connectivity index (χ4v) is 4.95. The number of aldehydes is 1. The van der Waals surface area contributed by atoms with Crippen molar-refractivity contribution in [1.29, 1.82) is 0 Å². The van der Waals surface area contributed by atoms with Crippen molar-refractivity contribution in [2.24, 2.45) is 11.3 Å². The third-order valence-electron chi connectivity index (χ3n) is 6.73. The largest absolute Gasteiger partial charge is 0.410 e. The highest BCUT2D eigenvalue weighted by molar-refractivity contribution is 6.74. The van der Waals surface area contributed by atoms with Crippen molar-refractivity contribution in [2.75, 3.05) is 0 Å². The van der Waals surface area contributed by atoms with Crippen LogP contribution in [-0.2, 0) is 14.0 Å². The summed E-state index contributed by atoms with van der Waals surface area (Å²) in [6.45, 7) is 13.2. The third kappa shape index (κ3) is 4.64. The van der Waals surface area contributed by atoms with Gasteiger partial charge in [0.05, 0.1) is 6.10 Å². The van der Waals surface area contributed by atoms with Crippen molar-refractivity contribution >= 4 is 20.4 Å². The monoisotopic (exact) mass is 376 g/mol. The standard InChI is InChI=1S/C22H36O3Si/c1-21(2,3)26(5,6)25-20(18-12-7-8-13-19(18)24)15-17-11-9-10-14-22(17,4)16-23/h9-10,12,16-17,20H,7-8,11,13-15H2,1-6H3/t17-,20-,22-/m0/s1. The molecule has 3 atom stereocenters. The number of carbonyl (C=O) groups is 2. The second-order valence-electron chi connectivity index (χ2n) is 9.81. The Labute approximate surface area is 160 Å². The van der Waals surface area contributed by atoms with Gasteiger partial charge in [-0.3, -0.25) is 4.79 Å². The van der Waals surface area contributed by atoms with Crippen LogP contribution in [0.3, 0.4) is 0 Å². The maximum Gasteiger partial charge on any atom is 0.192 e. The van der Waals surface area contributed by atoms with Crippen LogP contribution < -0.4 is 0 Å².